The molecule has 2 bridgehead atoms. The second kappa shape index (κ2) is 7.58. The van der Waals surface area contributed by atoms with Gasteiger partial charge in [-0.1, -0.05) is 24.8 Å². The minimum Gasteiger partial charge on any atom is -0.379 e. The molecule has 0 saturated heterocycles. The van der Waals surface area contributed by atoms with Crippen molar-refractivity contribution in [3.8, 4) is 0 Å². The standard InChI is InChI=1S/C25H27F3N4O/c1-15(25(26,27)28)21-18-5-2-6-20(32-24-10-9-23(29,13-24)14-24)19(18)12-17(31-21)4-3-11-30-22(33)16-7-8-16/h2-6,12,16,32H,1,7-11,13-14,29H2,(H,30,33)/b4-3+. The van der Waals surface area contributed by atoms with Gasteiger partial charge in [-0.25, -0.2) is 4.98 Å². The van der Waals surface area contributed by atoms with Crippen molar-refractivity contribution < 1.29 is 18.0 Å². The maximum atomic E-state index is 13.6. The van der Waals surface area contributed by atoms with Crippen LogP contribution >= 0.6 is 0 Å². The first-order valence-corrected chi connectivity index (χ1v) is 11.3. The Balaban J connectivity index is 1.48. The second-order valence-corrected chi connectivity index (χ2v) is 9.82. The van der Waals surface area contributed by atoms with Crippen LogP contribution in [0.3, 0.4) is 0 Å². The number of carbonyl (C=O) groups is 1. The summed E-state index contributed by atoms with van der Waals surface area (Å²) >= 11 is 0. The third-order valence-corrected chi connectivity index (χ3v) is 7.04. The predicted octanol–water partition coefficient (Wildman–Crippen LogP) is 4.79. The number of benzene rings is 1. The summed E-state index contributed by atoms with van der Waals surface area (Å²) in [5.41, 5.74) is 6.08. The van der Waals surface area contributed by atoms with Gasteiger partial charge in [0.2, 0.25) is 5.91 Å². The van der Waals surface area contributed by atoms with Gasteiger partial charge in [-0.15, -0.1) is 0 Å². The number of allylic oxidation sites excluding steroid dienone is 1. The van der Waals surface area contributed by atoms with E-state index in [2.05, 4.69) is 22.2 Å². The summed E-state index contributed by atoms with van der Waals surface area (Å²) in [4.78, 5) is 16.1. The number of nitrogens with zero attached hydrogens (tertiary/aromatic N) is 1. The van der Waals surface area contributed by atoms with Gasteiger partial charge >= 0.3 is 6.18 Å². The van der Waals surface area contributed by atoms with Crippen molar-refractivity contribution in [2.24, 2.45) is 11.7 Å². The molecular formula is C25H27F3N4O. The summed E-state index contributed by atoms with van der Waals surface area (Å²) in [5.74, 6) is 0.109. The van der Waals surface area contributed by atoms with E-state index < -0.39 is 11.7 Å². The predicted molar refractivity (Wildman–Crippen MR) is 123 cm³/mol. The fourth-order valence-electron chi connectivity index (χ4n) is 5.26. The highest BCUT2D eigenvalue weighted by Crippen LogP contribution is 2.55. The number of pyridine rings is 1. The Bertz CT molecular complexity index is 1160. The minimum atomic E-state index is -4.60. The number of hydrogen-bond acceptors (Lipinski definition) is 4. The Morgan fingerprint density at radius 2 is 2.00 bits per heavy atom. The summed E-state index contributed by atoms with van der Waals surface area (Å²) in [5, 5.41) is 7.45. The lowest BCUT2D eigenvalue weighted by Crippen LogP contribution is -2.57. The third kappa shape index (κ3) is 4.24. The third-order valence-electron chi connectivity index (χ3n) is 7.04. The number of hydrogen-bond donors (Lipinski definition) is 3. The molecule has 4 N–H and O–H groups in total. The van der Waals surface area contributed by atoms with Crippen molar-refractivity contribution in [1.29, 1.82) is 0 Å². The van der Waals surface area contributed by atoms with Crippen LogP contribution in [0.25, 0.3) is 22.4 Å². The molecule has 1 amide bonds. The van der Waals surface area contributed by atoms with Gasteiger partial charge in [0.15, 0.2) is 0 Å². The van der Waals surface area contributed by atoms with Crippen molar-refractivity contribution in [2.75, 3.05) is 11.9 Å². The van der Waals surface area contributed by atoms with E-state index in [1.807, 2.05) is 6.07 Å². The molecule has 5 nitrogen and oxygen atoms in total. The van der Waals surface area contributed by atoms with Gasteiger partial charge in [0.1, 0.15) is 0 Å². The second-order valence-electron chi connectivity index (χ2n) is 9.82. The fourth-order valence-corrected chi connectivity index (χ4v) is 5.26. The first kappa shape index (κ1) is 21.9. The summed E-state index contributed by atoms with van der Waals surface area (Å²) in [7, 11) is 0. The van der Waals surface area contributed by atoms with Gasteiger partial charge in [-0.05, 0) is 56.7 Å². The van der Waals surface area contributed by atoms with Crippen LogP contribution in [0, 0.1) is 5.92 Å². The lowest BCUT2D eigenvalue weighted by molar-refractivity contribution is -0.122. The van der Waals surface area contributed by atoms with Crippen LogP contribution in [-0.2, 0) is 4.79 Å². The number of alkyl halides is 3. The van der Waals surface area contributed by atoms with Gasteiger partial charge in [0.25, 0.3) is 0 Å². The topological polar surface area (TPSA) is 80.0 Å². The number of halogens is 3. The zero-order valence-electron chi connectivity index (χ0n) is 18.3. The molecule has 2 aromatic rings. The largest absolute Gasteiger partial charge is 0.417 e. The summed E-state index contributed by atoms with van der Waals surface area (Å²) < 4.78 is 40.7. The first-order valence-electron chi connectivity index (χ1n) is 11.3. The smallest absolute Gasteiger partial charge is 0.379 e. The van der Waals surface area contributed by atoms with Gasteiger partial charge in [0, 0.05) is 40.0 Å². The molecule has 8 heteroatoms. The van der Waals surface area contributed by atoms with Crippen molar-refractivity contribution in [2.45, 2.75) is 55.8 Å². The molecule has 4 aliphatic carbocycles. The molecule has 0 radical (unpaired) electrons. The first-order chi connectivity index (χ1) is 15.6. The van der Waals surface area contributed by atoms with Crippen molar-refractivity contribution in [1.82, 2.24) is 10.3 Å². The highest BCUT2D eigenvalue weighted by molar-refractivity contribution is 6.01. The molecule has 1 aromatic carbocycles. The Morgan fingerprint density at radius 1 is 1.24 bits per heavy atom. The number of carbonyl (C=O) groups excluding carboxylic acids is 1. The number of fused-ring (bicyclic) bond motifs is 2. The number of aromatic nitrogens is 1. The molecule has 1 aromatic heterocycles. The van der Waals surface area contributed by atoms with Gasteiger partial charge < -0.3 is 16.4 Å². The zero-order valence-corrected chi connectivity index (χ0v) is 18.3. The van der Waals surface area contributed by atoms with E-state index in [-0.39, 0.29) is 28.6 Å². The van der Waals surface area contributed by atoms with E-state index in [4.69, 9.17) is 5.73 Å². The lowest BCUT2D eigenvalue weighted by atomic mass is 9.71. The Kier molecular flexibility index (Phi) is 5.04. The van der Waals surface area contributed by atoms with E-state index in [0.717, 1.165) is 44.2 Å². The molecule has 0 atom stereocenters. The van der Waals surface area contributed by atoms with Crippen LogP contribution in [0.5, 0.6) is 0 Å². The monoisotopic (exact) mass is 456 g/mol. The zero-order chi connectivity index (χ0) is 23.4. The summed E-state index contributed by atoms with van der Waals surface area (Å²) in [6.07, 6.45) is 4.17. The molecule has 6 rings (SSSR count). The van der Waals surface area contributed by atoms with Crippen molar-refractivity contribution >= 4 is 34.0 Å². The van der Waals surface area contributed by atoms with E-state index in [0.29, 0.717) is 23.0 Å². The quantitative estimate of drug-likeness (QED) is 0.560. The van der Waals surface area contributed by atoms with Gasteiger partial charge in [-0.2, -0.15) is 13.2 Å². The van der Waals surface area contributed by atoms with E-state index in [1.54, 1.807) is 30.4 Å². The van der Waals surface area contributed by atoms with Crippen molar-refractivity contribution in [3.05, 3.63) is 48.3 Å². The molecule has 0 aliphatic heterocycles. The summed E-state index contributed by atoms with van der Waals surface area (Å²) in [6, 6.07) is 7.05. The Morgan fingerprint density at radius 3 is 2.64 bits per heavy atom. The maximum Gasteiger partial charge on any atom is 0.417 e. The molecule has 4 fully saturated rings. The highest BCUT2D eigenvalue weighted by Gasteiger charge is 2.58. The maximum absolute atomic E-state index is 13.6. The number of nitrogens with one attached hydrogen (secondary N) is 2. The van der Waals surface area contributed by atoms with E-state index in [9.17, 15) is 18.0 Å². The average Bonchev–Trinajstić information content (AvgIpc) is 3.48. The van der Waals surface area contributed by atoms with Crippen molar-refractivity contribution in [3.63, 3.8) is 0 Å². The molecular weight excluding hydrogens is 429 g/mol. The van der Waals surface area contributed by atoms with E-state index in [1.165, 1.54) is 0 Å². The number of anilines is 1. The van der Waals surface area contributed by atoms with Crippen LogP contribution in [0.1, 0.15) is 49.9 Å². The number of nitrogens with two attached hydrogens (primary N) is 1. The fraction of sp³-hybridized carbons (Fsp3) is 0.440. The number of amides is 1. The van der Waals surface area contributed by atoms with Crippen LogP contribution < -0.4 is 16.4 Å². The number of rotatable bonds is 7. The molecule has 1 heterocycles. The minimum absolute atomic E-state index is 0.0102. The Labute approximate surface area is 190 Å². The molecule has 4 saturated carbocycles. The SMILES string of the molecule is C=C(c1nc(/C=C/CNC(=O)C2CC2)cc2c(NC34CCC(N)(C3)C4)cccc12)C(F)(F)F. The van der Waals surface area contributed by atoms with Crippen LogP contribution in [-0.4, -0.2) is 34.7 Å². The average molecular weight is 457 g/mol. The molecule has 0 unspecified atom stereocenters. The van der Waals surface area contributed by atoms with Crippen LogP contribution in [0.4, 0.5) is 18.9 Å². The summed E-state index contributed by atoms with van der Waals surface area (Å²) in [6.45, 7) is 3.59. The van der Waals surface area contributed by atoms with Gasteiger partial charge in [0.05, 0.1) is 17.0 Å². The molecule has 4 aliphatic rings. The molecule has 33 heavy (non-hydrogen) atoms. The molecule has 174 valence electrons. The lowest BCUT2D eigenvalue weighted by Gasteiger charge is -2.46. The van der Waals surface area contributed by atoms with Gasteiger partial charge in [-0.3, -0.25) is 4.79 Å². The normalized spacial score (nSPS) is 26.4. The van der Waals surface area contributed by atoms with Crippen LogP contribution in [0.15, 0.2) is 36.9 Å². The van der Waals surface area contributed by atoms with E-state index >= 15 is 0 Å². The molecule has 0 spiro atoms. The van der Waals surface area contributed by atoms with Crippen LogP contribution in [0.2, 0.25) is 0 Å². The highest BCUT2D eigenvalue weighted by atomic mass is 19.4. The Hall–Kier alpha value is -2.87.